The van der Waals surface area contributed by atoms with Crippen molar-refractivity contribution in [3.8, 4) is 5.75 Å². The molecule has 1 aliphatic rings. The van der Waals surface area contributed by atoms with Gasteiger partial charge in [-0.1, -0.05) is 12.1 Å². The zero-order valence-corrected chi connectivity index (χ0v) is 12.7. The summed E-state index contributed by atoms with van der Waals surface area (Å²) in [7, 11) is 0. The fourth-order valence-corrected chi connectivity index (χ4v) is 2.67. The number of aliphatic hydroxyl groups excluding tert-OH is 2. The minimum Gasteiger partial charge on any atom is -0.494 e. The fraction of sp³-hybridized carbons (Fsp3) is 0.625. The Bertz CT molecular complexity index is 428. The molecular formula is C16H26N2O3. The average molecular weight is 294 g/mol. The summed E-state index contributed by atoms with van der Waals surface area (Å²) in [5.41, 5.74) is 1.20. The van der Waals surface area contributed by atoms with Crippen LogP contribution in [0.15, 0.2) is 24.3 Å². The van der Waals surface area contributed by atoms with Crippen molar-refractivity contribution < 1.29 is 14.9 Å². The molecule has 5 nitrogen and oxygen atoms in total. The molecule has 2 rings (SSSR count). The Morgan fingerprint density at radius 1 is 1.33 bits per heavy atom. The van der Waals surface area contributed by atoms with Crippen molar-refractivity contribution in [1.82, 2.24) is 10.2 Å². The molecule has 0 radical (unpaired) electrons. The molecule has 0 bridgehead atoms. The van der Waals surface area contributed by atoms with E-state index in [1.54, 1.807) is 0 Å². The van der Waals surface area contributed by atoms with Gasteiger partial charge in [-0.25, -0.2) is 0 Å². The van der Waals surface area contributed by atoms with Crippen LogP contribution in [-0.4, -0.2) is 66.7 Å². The quantitative estimate of drug-likeness (QED) is 0.635. The monoisotopic (exact) mass is 294 g/mol. The third-order valence-corrected chi connectivity index (χ3v) is 3.89. The van der Waals surface area contributed by atoms with Crippen LogP contribution in [0.25, 0.3) is 0 Å². The minimum absolute atomic E-state index is 0.102. The number of hydrogen-bond acceptors (Lipinski definition) is 5. The molecule has 2 atom stereocenters. The second-order valence-electron chi connectivity index (χ2n) is 5.64. The van der Waals surface area contributed by atoms with Crippen LogP contribution in [0.5, 0.6) is 5.75 Å². The van der Waals surface area contributed by atoms with E-state index in [1.807, 2.05) is 18.2 Å². The molecule has 1 heterocycles. The van der Waals surface area contributed by atoms with Crippen LogP contribution in [0.4, 0.5) is 0 Å². The van der Waals surface area contributed by atoms with Gasteiger partial charge in [0, 0.05) is 31.7 Å². The Morgan fingerprint density at radius 2 is 2.19 bits per heavy atom. The van der Waals surface area contributed by atoms with E-state index in [2.05, 4.69) is 23.2 Å². The van der Waals surface area contributed by atoms with Crippen LogP contribution >= 0.6 is 0 Å². The van der Waals surface area contributed by atoms with E-state index in [-0.39, 0.29) is 25.3 Å². The summed E-state index contributed by atoms with van der Waals surface area (Å²) in [6.45, 7) is 5.35. The Labute approximate surface area is 126 Å². The summed E-state index contributed by atoms with van der Waals surface area (Å²) < 4.78 is 5.75. The van der Waals surface area contributed by atoms with Crippen LogP contribution in [0.2, 0.25) is 0 Å². The van der Waals surface area contributed by atoms with E-state index in [0.717, 1.165) is 31.8 Å². The lowest BCUT2D eigenvalue weighted by Gasteiger charge is -2.39. The van der Waals surface area contributed by atoms with Crippen molar-refractivity contribution in [3.05, 3.63) is 29.8 Å². The lowest BCUT2D eigenvalue weighted by molar-refractivity contribution is 0.0607. The van der Waals surface area contributed by atoms with E-state index in [1.165, 1.54) is 5.56 Å². The van der Waals surface area contributed by atoms with Crippen molar-refractivity contribution >= 4 is 0 Å². The van der Waals surface area contributed by atoms with Crippen molar-refractivity contribution in [2.75, 3.05) is 39.5 Å². The Hall–Kier alpha value is -1.14. The Morgan fingerprint density at radius 3 is 2.90 bits per heavy atom. The summed E-state index contributed by atoms with van der Waals surface area (Å²) in [5, 5.41) is 21.9. The number of nitrogens with one attached hydrogen (secondary N) is 1. The summed E-state index contributed by atoms with van der Waals surface area (Å²) in [6, 6.07) is 8.28. The normalized spacial score (nSPS) is 23.2. The van der Waals surface area contributed by atoms with Gasteiger partial charge in [0.05, 0.1) is 19.8 Å². The first-order chi connectivity index (χ1) is 10.2. The Kier molecular flexibility index (Phi) is 6.45. The van der Waals surface area contributed by atoms with Gasteiger partial charge in [0.15, 0.2) is 0 Å². The van der Waals surface area contributed by atoms with Crippen molar-refractivity contribution in [2.24, 2.45) is 0 Å². The first-order valence-electron chi connectivity index (χ1n) is 7.61. The highest BCUT2D eigenvalue weighted by Crippen LogP contribution is 2.13. The molecule has 1 fully saturated rings. The molecule has 5 heteroatoms. The van der Waals surface area contributed by atoms with Gasteiger partial charge in [-0.15, -0.1) is 0 Å². The molecule has 118 valence electrons. The molecule has 0 amide bonds. The van der Waals surface area contributed by atoms with Crippen LogP contribution < -0.4 is 10.1 Å². The highest BCUT2D eigenvalue weighted by atomic mass is 16.5. The number of benzene rings is 1. The first-order valence-corrected chi connectivity index (χ1v) is 7.61. The van der Waals surface area contributed by atoms with Crippen LogP contribution in [-0.2, 0) is 0 Å². The topological polar surface area (TPSA) is 65.0 Å². The summed E-state index contributed by atoms with van der Waals surface area (Å²) >= 11 is 0. The third kappa shape index (κ3) is 4.97. The molecular weight excluding hydrogens is 268 g/mol. The fourth-order valence-electron chi connectivity index (χ4n) is 2.67. The minimum atomic E-state index is 0.102. The number of nitrogens with zero attached hydrogens (tertiary/aromatic N) is 1. The van der Waals surface area contributed by atoms with Gasteiger partial charge in [-0.05, 0) is 31.0 Å². The maximum atomic E-state index is 9.41. The smallest absolute Gasteiger partial charge is 0.119 e. The van der Waals surface area contributed by atoms with Crippen LogP contribution in [0.1, 0.15) is 12.0 Å². The molecule has 1 aromatic carbocycles. The summed E-state index contributed by atoms with van der Waals surface area (Å²) in [5.74, 6) is 0.905. The van der Waals surface area contributed by atoms with Crippen LogP contribution in [0, 0.1) is 6.92 Å². The Balaban J connectivity index is 1.73. The molecule has 3 N–H and O–H groups in total. The molecule has 1 saturated heterocycles. The maximum absolute atomic E-state index is 9.41. The van der Waals surface area contributed by atoms with Gasteiger partial charge in [0.2, 0.25) is 0 Å². The number of hydrogen-bond donors (Lipinski definition) is 3. The van der Waals surface area contributed by atoms with E-state index in [4.69, 9.17) is 4.74 Å². The summed E-state index contributed by atoms with van der Waals surface area (Å²) in [6.07, 6.45) is 0.905. The number of aliphatic hydroxyl groups is 2. The van der Waals surface area contributed by atoms with Gasteiger partial charge < -0.3 is 20.3 Å². The highest BCUT2D eigenvalue weighted by molar-refractivity contribution is 5.27. The number of ether oxygens (including phenoxy) is 1. The lowest BCUT2D eigenvalue weighted by atomic mass is 10.1. The predicted octanol–water partition coefficient (Wildman–Crippen LogP) is 0.391. The van der Waals surface area contributed by atoms with E-state index >= 15 is 0 Å². The summed E-state index contributed by atoms with van der Waals surface area (Å²) in [4.78, 5) is 2.23. The van der Waals surface area contributed by atoms with Gasteiger partial charge >= 0.3 is 0 Å². The lowest BCUT2D eigenvalue weighted by Crippen LogP contribution is -2.59. The van der Waals surface area contributed by atoms with Gasteiger partial charge in [-0.2, -0.15) is 0 Å². The van der Waals surface area contributed by atoms with Gasteiger partial charge in [0.25, 0.3) is 0 Å². The van der Waals surface area contributed by atoms with Gasteiger partial charge in [0.1, 0.15) is 5.75 Å². The second kappa shape index (κ2) is 8.34. The van der Waals surface area contributed by atoms with Crippen molar-refractivity contribution in [2.45, 2.75) is 25.4 Å². The van der Waals surface area contributed by atoms with Crippen molar-refractivity contribution in [3.63, 3.8) is 0 Å². The number of piperazine rings is 1. The average Bonchev–Trinajstić information content (AvgIpc) is 2.51. The molecule has 21 heavy (non-hydrogen) atoms. The first kappa shape index (κ1) is 16.2. The number of rotatable bonds is 7. The van der Waals surface area contributed by atoms with E-state index in [0.29, 0.717) is 6.61 Å². The standard InChI is InChI=1S/C16H26N2O3/c1-13-4-2-5-16(8-13)21-7-3-6-18-10-14(11-19)17-9-15(18)12-20/h2,4-5,8,14-15,17,19-20H,3,6-7,9-12H2,1H3. The highest BCUT2D eigenvalue weighted by Gasteiger charge is 2.26. The van der Waals surface area contributed by atoms with E-state index in [9.17, 15) is 10.2 Å². The maximum Gasteiger partial charge on any atom is 0.119 e. The molecule has 0 aliphatic carbocycles. The SMILES string of the molecule is Cc1cccc(OCCCN2CC(CO)NCC2CO)c1. The molecule has 2 unspecified atom stereocenters. The molecule has 0 spiro atoms. The van der Waals surface area contributed by atoms with Crippen LogP contribution in [0.3, 0.4) is 0 Å². The second-order valence-corrected chi connectivity index (χ2v) is 5.64. The van der Waals surface area contributed by atoms with Gasteiger partial charge in [-0.3, -0.25) is 4.90 Å². The number of aryl methyl sites for hydroxylation is 1. The molecule has 1 aliphatic heterocycles. The van der Waals surface area contributed by atoms with Crippen molar-refractivity contribution in [1.29, 1.82) is 0 Å². The predicted molar refractivity (Wildman–Crippen MR) is 82.6 cm³/mol. The molecule has 0 saturated carbocycles. The third-order valence-electron chi connectivity index (χ3n) is 3.89. The largest absolute Gasteiger partial charge is 0.494 e. The zero-order chi connectivity index (χ0) is 15.1. The molecule has 0 aromatic heterocycles. The zero-order valence-electron chi connectivity index (χ0n) is 12.7. The molecule has 1 aromatic rings. The van der Waals surface area contributed by atoms with E-state index < -0.39 is 0 Å².